The highest BCUT2D eigenvalue weighted by atomic mass is 16.5. The van der Waals surface area contributed by atoms with Gasteiger partial charge in [0.15, 0.2) is 0 Å². The van der Waals surface area contributed by atoms with E-state index in [9.17, 15) is 9.59 Å². The molecular formula is C25H26N2O3. The van der Waals surface area contributed by atoms with Gasteiger partial charge in [-0.2, -0.15) is 0 Å². The molecule has 2 aromatic carbocycles. The van der Waals surface area contributed by atoms with E-state index in [0.717, 1.165) is 16.8 Å². The number of carbonyl (C=O) groups excluding carboxylic acids is 2. The van der Waals surface area contributed by atoms with E-state index in [-0.39, 0.29) is 12.5 Å². The minimum Gasteiger partial charge on any atom is -0.461 e. The molecule has 0 N–H and O–H groups in total. The third-order valence-electron chi connectivity index (χ3n) is 5.55. The van der Waals surface area contributed by atoms with E-state index in [1.807, 2.05) is 24.3 Å². The largest absolute Gasteiger partial charge is 0.461 e. The first-order valence-electron chi connectivity index (χ1n) is 10.3. The fourth-order valence-corrected chi connectivity index (χ4v) is 3.98. The number of amides is 1. The van der Waals surface area contributed by atoms with E-state index < -0.39 is 12.0 Å². The Morgan fingerprint density at radius 2 is 1.77 bits per heavy atom. The van der Waals surface area contributed by atoms with Gasteiger partial charge < -0.3 is 14.2 Å². The molecule has 0 bridgehead atoms. The number of benzene rings is 2. The first-order chi connectivity index (χ1) is 14.5. The second-order valence-electron chi connectivity index (χ2n) is 7.80. The van der Waals surface area contributed by atoms with Gasteiger partial charge in [-0.25, -0.2) is 4.79 Å². The molecule has 4 rings (SSSR count). The van der Waals surface area contributed by atoms with Gasteiger partial charge >= 0.3 is 5.97 Å². The van der Waals surface area contributed by atoms with Crippen molar-refractivity contribution in [3.8, 4) is 0 Å². The number of esters is 1. The molecule has 1 aliphatic rings. The SMILES string of the molecule is CCOC(=O)c1cccn1C1C(=O)N(Cc2ccc(C(C)C)cc2)c2ccccc21. The fraction of sp³-hybridized carbons (Fsp3) is 0.280. The van der Waals surface area contributed by atoms with Crippen LogP contribution < -0.4 is 4.90 Å². The van der Waals surface area contributed by atoms with E-state index in [4.69, 9.17) is 4.74 Å². The Morgan fingerprint density at radius 3 is 2.47 bits per heavy atom. The number of ether oxygens (including phenoxy) is 1. The highest BCUT2D eigenvalue weighted by Gasteiger charge is 2.39. The molecule has 1 atom stereocenters. The Morgan fingerprint density at radius 1 is 1.03 bits per heavy atom. The number of rotatable bonds is 6. The van der Waals surface area contributed by atoms with Crippen molar-refractivity contribution < 1.29 is 14.3 Å². The van der Waals surface area contributed by atoms with Crippen LogP contribution in [0.1, 0.15) is 59.9 Å². The topological polar surface area (TPSA) is 51.5 Å². The third-order valence-corrected chi connectivity index (χ3v) is 5.55. The smallest absolute Gasteiger partial charge is 0.354 e. The molecule has 5 nitrogen and oxygen atoms in total. The maximum absolute atomic E-state index is 13.5. The van der Waals surface area contributed by atoms with E-state index in [1.165, 1.54) is 5.56 Å². The van der Waals surface area contributed by atoms with Crippen LogP contribution in [-0.2, 0) is 16.1 Å². The lowest BCUT2D eigenvalue weighted by Gasteiger charge is -2.19. The van der Waals surface area contributed by atoms with Gasteiger partial charge in [0, 0.05) is 17.4 Å². The summed E-state index contributed by atoms with van der Waals surface area (Å²) in [6, 6.07) is 19.1. The normalized spacial score (nSPS) is 15.5. The zero-order chi connectivity index (χ0) is 21.3. The standard InChI is InChI=1S/C25H26N2O3/c1-4-30-25(29)22-10-7-15-26(22)23-20-8-5-6-9-21(20)27(24(23)28)16-18-11-13-19(14-12-18)17(2)3/h5-15,17,23H,4,16H2,1-3H3. The number of hydrogen-bond acceptors (Lipinski definition) is 3. The predicted octanol–water partition coefficient (Wildman–Crippen LogP) is 4.92. The molecule has 1 unspecified atom stereocenters. The number of para-hydroxylation sites is 1. The second kappa shape index (κ2) is 8.19. The van der Waals surface area contributed by atoms with Crippen molar-refractivity contribution in [3.63, 3.8) is 0 Å². The summed E-state index contributed by atoms with van der Waals surface area (Å²) in [5.41, 5.74) is 4.50. The van der Waals surface area contributed by atoms with Crippen LogP contribution in [0.5, 0.6) is 0 Å². The Hall–Kier alpha value is -3.34. The van der Waals surface area contributed by atoms with Crippen molar-refractivity contribution in [2.75, 3.05) is 11.5 Å². The predicted molar refractivity (Wildman–Crippen MR) is 117 cm³/mol. The van der Waals surface area contributed by atoms with Crippen LogP contribution in [0.2, 0.25) is 0 Å². The molecule has 1 aliphatic heterocycles. The lowest BCUT2D eigenvalue weighted by Crippen LogP contribution is -2.31. The number of fused-ring (bicyclic) bond motifs is 1. The number of hydrogen-bond donors (Lipinski definition) is 0. The van der Waals surface area contributed by atoms with Crippen LogP contribution in [0.4, 0.5) is 5.69 Å². The van der Waals surface area contributed by atoms with Gasteiger partial charge in [-0.05, 0) is 42.2 Å². The first-order valence-corrected chi connectivity index (χ1v) is 10.3. The molecule has 0 saturated carbocycles. The monoisotopic (exact) mass is 402 g/mol. The molecule has 1 aromatic heterocycles. The van der Waals surface area contributed by atoms with Gasteiger partial charge in [0.1, 0.15) is 11.7 Å². The molecule has 1 amide bonds. The summed E-state index contributed by atoms with van der Waals surface area (Å²) < 4.78 is 6.90. The van der Waals surface area contributed by atoms with E-state index in [2.05, 4.69) is 38.1 Å². The van der Waals surface area contributed by atoms with Crippen LogP contribution in [0, 0.1) is 0 Å². The first kappa shape index (κ1) is 20.0. The van der Waals surface area contributed by atoms with Gasteiger partial charge in [-0.15, -0.1) is 0 Å². The van der Waals surface area contributed by atoms with Gasteiger partial charge in [0.25, 0.3) is 5.91 Å². The Bertz CT molecular complexity index is 1070. The maximum atomic E-state index is 13.5. The Balaban J connectivity index is 1.68. The van der Waals surface area contributed by atoms with Crippen LogP contribution in [-0.4, -0.2) is 23.1 Å². The van der Waals surface area contributed by atoms with E-state index >= 15 is 0 Å². The molecular weight excluding hydrogens is 376 g/mol. The lowest BCUT2D eigenvalue weighted by molar-refractivity contribution is -0.120. The lowest BCUT2D eigenvalue weighted by atomic mass is 10.0. The molecule has 0 fully saturated rings. The summed E-state index contributed by atoms with van der Waals surface area (Å²) in [5.74, 6) is -0.00555. The molecule has 5 heteroatoms. The molecule has 2 heterocycles. The Kier molecular flexibility index (Phi) is 5.44. The van der Waals surface area contributed by atoms with Gasteiger partial charge in [0.2, 0.25) is 0 Å². The quantitative estimate of drug-likeness (QED) is 0.550. The van der Waals surface area contributed by atoms with Gasteiger partial charge in [0.05, 0.1) is 13.2 Å². The molecule has 0 radical (unpaired) electrons. The fourth-order valence-electron chi connectivity index (χ4n) is 3.98. The highest BCUT2D eigenvalue weighted by Crippen LogP contribution is 2.39. The number of anilines is 1. The van der Waals surface area contributed by atoms with Crippen molar-refractivity contribution in [2.24, 2.45) is 0 Å². The van der Waals surface area contributed by atoms with Crippen molar-refractivity contribution in [2.45, 2.75) is 39.3 Å². The average molecular weight is 402 g/mol. The summed E-state index contributed by atoms with van der Waals surface area (Å²) in [5, 5.41) is 0. The number of carbonyl (C=O) groups is 2. The highest BCUT2D eigenvalue weighted by molar-refractivity contribution is 6.05. The zero-order valence-electron chi connectivity index (χ0n) is 17.5. The van der Waals surface area contributed by atoms with Crippen LogP contribution in [0.3, 0.4) is 0 Å². The molecule has 30 heavy (non-hydrogen) atoms. The van der Waals surface area contributed by atoms with Gasteiger partial charge in [-0.3, -0.25) is 4.79 Å². The van der Waals surface area contributed by atoms with E-state index in [0.29, 0.717) is 18.2 Å². The van der Waals surface area contributed by atoms with Crippen molar-refractivity contribution in [1.82, 2.24) is 4.57 Å². The number of nitrogens with zero attached hydrogens (tertiary/aromatic N) is 2. The molecule has 3 aromatic rings. The van der Waals surface area contributed by atoms with Crippen LogP contribution >= 0.6 is 0 Å². The summed E-state index contributed by atoms with van der Waals surface area (Å²) in [4.78, 5) is 27.7. The second-order valence-corrected chi connectivity index (χ2v) is 7.80. The summed E-state index contributed by atoms with van der Waals surface area (Å²) >= 11 is 0. The van der Waals surface area contributed by atoms with Crippen LogP contribution in [0.15, 0.2) is 66.9 Å². The molecule has 0 spiro atoms. The summed E-state index contributed by atoms with van der Waals surface area (Å²) in [6.07, 6.45) is 1.77. The summed E-state index contributed by atoms with van der Waals surface area (Å²) in [6.45, 7) is 6.88. The molecule has 0 saturated heterocycles. The summed E-state index contributed by atoms with van der Waals surface area (Å²) in [7, 11) is 0. The average Bonchev–Trinajstić information content (AvgIpc) is 3.32. The van der Waals surface area contributed by atoms with Crippen molar-refractivity contribution in [3.05, 3.63) is 89.2 Å². The zero-order valence-corrected chi connectivity index (χ0v) is 17.5. The minimum absolute atomic E-state index is 0.0501. The maximum Gasteiger partial charge on any atom is 0.354 e. The molecule has 154 valence electrons. The van der Waals surface area contributed by atoms with Crippen LogP contribution in [0.25, 0.3) is 0 Å². The third kappa shape index (κ3) is 3.52. The van der Waals surface area contributed by atoms with Crippen molar-refractivity contribution >= 4 is 17.6 Å². The number of aromatic nitrogens is 1. The Labute approximate surface area is 176 Å². The van der Waals surface area contributed by atoms with E-state index in [1.54, 1.807) is 34.7 Å². The minimum atomic E-state index is -0.578. The molecule has 0 aliphatic carbocycles. The van der Waals surface area contributed by atoms with Gasteiger partial charge in [-0.1, -0.05) is 56.3 Å². The van der Waals surface area contributed by atoms with Crippen molar-refractivity contribution in [1.29, 1.82) is 0 Å².